The van der Waals surface area contributed by atoms with Gasteiger partial charge in [-0.05, 0) is 26.8 Å². The molecule has 1 aliphatic rings. The van der Waals surface area contributed by atoms with Crippen LogP contribution in [0.1, 0.15) is 39.0 Å². The molecular formula is C12H25N3O. The molecule has 0 bridgehead atoms. The lowest BCUT2D eigenvalue weighted by Crippen LogP contribution is -2.45. The fourth-order valence-electron chi connectivity index (χ4n) is 2.49. The number of rotatable bonds is 6. The Balaban J connectivity index is 2.42. The summed E-state index contributed by atoms with van der Waals surface area (Å²) < 4.78 is 0. The first-order valence-corrected chi connectivity index (χ1v) is 6.37. The molecule has 4 nitrogen and oxygen atoms in total. The normalized spacial score (nSPS) is 19.0. The Bertz CT molecular complexity index is 214. The van der Waals surface area contributed by atoms with Crippen molar-refractivity contribution in [2.45, 2.75) is 51.1 Å². The molecule has 0 heterocycles. The third-order valence-electron chi connectivity index (χ3n) is 3.54. The standard InChI is InChI=1S/C12H25N3O/c1-3-14-12(16)8-11(9-13)15(2)10-6-4-5-7-10/h10-11H,3-9,13H2,1-2H3,(H,14,16). The number of nitrogens with zero attached hydrogens (tertiary/aromatic N) is 1. The van der Waals surface area contributed by atoms with Crippen LogP contribution in [0.2, 0.25) is 0 Å². The molecule has 0 aliphatic heterocycles. The molecule has 1 fully saturated rings. The van der Waals surface area contributed by atoms with E-state index < -0.39 is 0 Å². The van der Waals surface area contributed by atoms with Crippen LogP contribution < -0.4 is 11.1 Å². The summed E-state index contributed by atoms with van der Waals surface area (Å²) in [5, 5.41) is 2.83. The molecule has 1 unspecified atom stereocenters. The summed E-state index contributed by atoms with van der Waals surface area (Å²) in [6, 6.07) is 0.817. The van der Waals surface area contributed by atoms with Gasteiger partial charge in [-0.15, -0.1) is 0 Å². The molecule has 1 atom stereocenters. The molecule has 0 aromatic heterocycles. The van der Waals surface area contributed by atoms with Crippen LogP contribution in [0.5, 0.6) is 0 Å². The van der Waals surface area contributed by atoms with Crippen molar-refractivity contribution >= 4 is 5.91 Å². The smallest absolute Gasteiger partial charge is 0.221 e. The first kappa shape index (κ1) is 13.5. The number of carbonyl (C=O) groups is 1. The van der Waals surface area contributed by atoms with Gasteiger partial charge in [0.25, 0.3) is 0 Å². The van der Waals surface area contributed by atoms with Crippen LogP contribution in [0.4, 0.5) is 0 Å². The van der Waals surface area contributed by atoms with Crippen LogP contribution in [-0.2, 0) is 4.79 Å². The molecule has 0 radical (unpaired) electrons. The number of nitrogens with one attached hydrogen (secondary N) is 1. The Hall–Kier alpha value is -0.610. The second-order valence-corrected chi connectivity index (χ2v) is 4.65. The number of carbonyl (C=O) groups excluding carboxylic acids is 1. The highest BCUT2D eigenvalue weighted by atomic mass is 16.1. The van der Waals surface area contributed by atoms with Gasteiger partial charge in [0.1, 0.15) is 0 Å². The van der Waals surface area contributed by atoms with Gasteiger partial charge in [-0.2, -0.15) is 0 Å². The molecule has 0 spiro atoms. The number of hydrogen-bond donors (Lipinski definition) is 2. The van der Waals surface area contributed by atoms with Gasteiger partial charge in [-0.1, -0.05) is 12.8 Å². The van der Waals surface area contributed by atoms with Crippen LogP contribution in [0.15, 0.2) is 0 Å². The van der Waals surface area contributed by atoms with Crippen molar-refractivity contribution < 1.29 is 4.79 Å². The summed E-state index contributed by atoms with van der Waals surface area (Å²) in [4.78, 5) is 13.8. The van der Waals surface area contributed by atoms with E-state index >= 15 is 0 Å². The van der Waals surface area contributed by atoms with Crippen LogP contribution in [0, 0.1) is 0 Å². The van der Waals surface area contributed by atoms with Gasteiger partial charge < -0.3 is 11.1 Å². The molecule has 4 heteroatoms. The SMILES string of the molecule is CCNC(=O)CC(CN)N(C)C1CCCC1. The molecule has 1 aliphatic carbocycles. The maximum absolute atomic E-state index is 11.5. The van der Waals surface area contributed by atoms with E-state index in [1.807, 2.05) is 6.92 Å². The maximum atomic E-state index is 11.5. The zero-order valence-corrected chi connectivity index (χ0v) is 10.5. The summed E-state index contributed by atoms with van der Waals surface area (Å²) in [7, 11) is 2.10. The summed E-state index contributed by atoms with van der Waals surface area (Å²) in [6.07, 6.45) is 5.66. The Morgan fingerprint density at radius 3 is 2.62 bits per heavy atom. The lowest BCUT2D eigenvalue weighted by molar-refractivity contribution is -0.122. The number of amides is 1. The zero-order chi connectivity index (χ0) is 12.0. The molecular weight excluding hydrogens is 202 g/mol. The molecule has 0 aromatic carbocycles. The van der Waals surface area contributed by atoms with Crippen LogP contribution in [0.3, 0.4) is 0 Å². The van der Waals surface area contributed by atoms with Crippen molar-refractivity contribution in [3.63, 3.8) is 0 Å². The van der Waals surface area contributed by atoms with E-state index in [9.17, 15) is 4.79 Å². The van der Waals surface area contributed by atoms with E-state index in [0.29, 0.717) is 25.6 Å². The fraction of sp³-hybridized carbons (Fsp3) is 0.917. The van der Waals surface area contributed by atoms with Crippen molar-refractivity contribution in [1.82, 2.24) is 10.2 Å². The van der Waals surface area contributed by atoms with Crippen LogP contribution >= 0.6 is 0 Å². The van der Waals surface area contributed by atoms with Crippen LogP contribution in [-0.4, -0.2) is 43.0 Å². The van der Waals surface area contributed by atoms with Gasteiger partial charge in [-0.25, -0.2) is 0 Å². The molecule has 1 amide bonds. The van der Waals surface area contributed by atoms with Crippen LogP contribution in [0.25, 0.3) is 0 Å². The van der Waals surface area contributed by atoms with Crippen molar-refractivity contribution in [1.29, 1.82) is 0 Å². The first-order chi connectivity index (χ1) is 7.69. The molecule has 0 aromatic rings. The maximum Gasteiger partial charge on any atom is 0.221 e. The van der Waals surface area contributed by atoms with Gasteiger partial charge in [0, 0.05) is 31.6 Å². The molecule has 1 saturated carbocycles. The number of nitrogens with two attached hydrogens (primary N) is 1. The van der Waals surface area contributed by atoms with E-state index in [1.54, 1.807) is 0 Å². The predicted molar refractivity (Wildman–Crippen MR) is 66.2 cm³/mol. The predicted octanol–water partition coefficient (Wildman–Crippen LogP) is 0.714. The van der Waals surface area contributed by atoms with Gasteiger partial charge in [0.2, 0.25) is 5.91 Å². The molecule has 0 saturated heterocycles. The third kappa shape index (κ3) is 3.76. The number of hydrogen-bond acceptors (Lipinski definition) is 3. The summed E-state index contributed by atoms with van der Waals surface area (Å²) in [5.74, 6) is 0.114. The van der Waals surface area contributed by atoms with Crippen molar-refractivity contribution in [2.24, 2.45) is 5.73 Å². The van der Waals surface area contributed by atoms with E-state index in [0.717, 1.165) is 0 Å². The Morgan fingerprint density at radius 1 is 1.50 bits per heavy atom. The van der Waals surface area contributed by atoms with Gasteiger partial charge in [0.05, 0.1) is 0 Å². The highest BCUT2D eigenvalue weighted by molar-refractivity contribution is 5.76. The van der Waals surface area contributed by atoms with Gasteiger partial charge >= 0.3 is 0 Å². The number of likely N-dealkylation sites (N-methyl/N-ethyl adjacent to an activating group) is 1. The Labute approximate surface area is 98.6 Å². The summed E-state index contributed by atoms with van der Waals surface area (Å²) in [5.41, 5.74) is 5.76. The van der Waals surface area contributed by atoms with Gasteiger partial charge in [0.15, 0.2) is 0 Å². The minimum absolute atomic E-state index is 0.114. The highest BCUT2D eigenvalue weighted by Crippen LogP contribution is 2.24. The Kier molecular flexibility index (Phi) is 5.77. The monoisotopic (exact) mass is 227 g/mol. The lowest BCUT2D eigenvalue weighted by atomic mass is 10.1. The average Bonchev–Trinajstić information content (AvgIpc) is 2.78. The topological polar surface area (TPSA) is 58.4 Å². The quantitative estimate of drug-likeness (QED) is 0.703. The second-order valence-electron chi connectivity index (χ2n) is 4.65. The highest BCUT2D eigenvalue weighted by Gasteiger charge is 2.26. The molecule has 16 heavy (non-hydrogen) atoms. The van der Waals surface area contributed by atoms with Crippen molar-refractivity contribution in [3.05, 3.63) is 0 Å². The lowest BCUT2D eigenvalue weighted by Gasteiger charge is -2.31. The third-order valence-corrected chi connectivity index (χ3v) is 3.54. The zero-order valence-electron chi connectivity index (χ0n) is 10.5. The Morgan fingerprint density at radius 2 is 2.12 bits per heavy atom. The van der Waals surface area contributed by atoms with E-state index in [-0.39, 0.29) is 11.9 Å². The van der Waals surface area contributed by atoms with E-state index in [4.69, 9.17) is 5.73 Å². The molecule has 3 N–H and O–H groups in total. The summed E-state index contributed by atoms with van der Waals surface area (Å²) >= 11 is 0. The minimum atomic E-state index is 0.114. The molecule has 1 rings (SSSR count). The average molecular weight is 227 g/mol. The second kappa shape index (κ2) is 6.86. The van der Waals surface area contributed by atoms with E-state index in [2.05, 4.69) is 17.3 Å². The van der Waals surface area contributed by atoms with E-state index in [1.165, 1.54) is 25.7 Å². The summed E-state index contributed by atoms with van der Waals surface area (Å²) in [6.45, 7) is 3.20. The largest absolute Gasteiger partial charge is 0.356 e. The van der Waals surface area contributed by atoms with Crippen molar-refractivity contribution in [2.75, 3.05) is 20.1 Å². The van der Waals surface area contributed by atoms with Crippen molar-refractivity contribution in [3.8, 4) is 0 Å². The fourth-order valence-corrected chi connectivity index (χ4v) is 2.49. The first-order valence-electron chi connectivity index (χ1n) is 6.37. The molecule has 94 valence electrons. The van der Waals surface area contributed by atoms with Gasteiger partial charge in [-0.3, -0.25) is 9.69 Å². The minimum Gasteiger partial charge on any atom is -0.356 e.